The number of hydrogen-bond acceptors (Lipinski definition) is 3. The van der Waals surface area contributed by atoms with Gasteiger partial charge in [-0.25, -0.2) is 8.42 Å². The number of nitrogens with one attached hydrogen (secondary N) is 2. The number of hydrazine groups is 1. The highest BCUT2D eigenvalue weighted by Crippen LogP contribution is 2.30. The second-order valence-electron chi connectivity index (χ2n) is 4.60. The highest BCUT2D eigenvalue weighted by molar-refractivity contribution is 7.89. The Morgan fingerprint density at radius 3 is 2.26 bits per heavy atom. The van der Waals surface area contributed by atoms with Crippen molar-refractivity contribution in [3.05, 3.63) is 72.3 Å². The number of benzene rings is 2. The summed E-state index contributed by atoms with van der Waals surface area (Å²) in [5.74, 6) is 0. The van der Waals surface area contributed by atoms with Crippen LogP contribution in [0.25, 0.3) is 5.70 Å². The molecule has 0 amide bonds. The normalized spacial score (nSPS) is 12.0. The van der Waals surface area contributed by atoms with Gasteiger partial charge in [0, 0.05) is 5.70 Å². The van der Waals surface area contributed by atoms with Gasteiger partial charge in [-0.15, -0.1) is 4.83 Å². The molecule has 0 aromatic heterocycles. The molecule has 122 valence electrons. The zero-order valence-electron chi connectivity index (χ0n) is 11.8. The second-order valence-corrected chi connectivity index (χ2v) is 6.28. The maximum absolute atomic E-state index is 12.7. The van der Waals surface area contributed by atoms with Crippen molar-refractivity contribution in [2.24, 2.45) is 0 Å². The van der Waals surface area contributed by atoms with Crippen LogP contribution in [0.1, 0.15) is 11.1 Å². The fourth-order valence-corrected chi connectivity index (χ4v) is 2.63. The first-order valence-corrected chi connectivity index (χ1v) is 7.88. The van der Waals surface area contributed by atoms with E-state index in [0.29, 0.717) is 0 Å². The minimum absolute atomic E-state index is 0.00407. The van der Waals surface area contributed by atoms with E-state index in [4.69, 9.17) is 0 Å². The van der Waals surface area contributed by atoms with Crippen molar-refractivity contribution in [3.63, 3.8) is 0 Å². The lowest BCUT2D eigenvalue weighted by molar-refractivity contribution is -0.137. The molecule has 2 aromatic rings. The summed E-state index contributed by atoms with van der Waals surface area (Å²) in [5, 5.41) is 0. The topological polar surface area (TPSA) is 58.2 Å². The van der Waals surface area contributed by atoms with E-state index in [-0.39, 0.29) is 16.2 Å². The molecule has 2 aromatic carbocycles. The smallest absolute Gasteiger partial charge is 0.308 e. The van der Waals surface area contributed by atoms with Crippen molar-refractivity contribution in [1.82, 2.24) is 10.3 Å². The maximum Gasteiger partial charge on any atom is 0.416 e. The first-order valence-electron chi connectivity index (χ1n) is 6.39. The van der Waals surface area contributed by atoms with Gasteiger partial charge in [-0.3, -0.25) is 0 Å². The molecule has 0 fully saturated rings. The lowest BCUT2D eigenvalue weighted by Gasteiger charge is -2.13. The number of rotatable bonds is 5. The fourth-order valence-electron chi connectivity index (χ4n) is 1.74. The zero-order valence-corrected chi connectivity index (χ0v) is 12.6. The molecule has 0 aliphatic carbocycles. The molecule has 0 saturated heterocycles. The molecule has 2 N–H and O–H groups in total. The Kier molecular flexibility index (Phi) is 4.76. The van der Waals surface area contributed by atoms with Crippen LogP contribution < -0.4 is 10.3 Å². The Morgan fingerprint density at radius 1 is 1.00 bits per heavy atom. The quantitative estimate of drug-likeness (QED) is 0.821. The first-order chi connectivity index (χ1) is 10.7. The van der Waals surface area contributed by atoms with Gasteiger partial charge >= 0.3 is 6.18 Å². The van der Waals surface area contributed by atoms with Crippen LogP contribution in [0.5, 0.6) is 0 Å². The van der Waals surface area contributed by atoms with Crippen molar-refractivity contribution >= 4 is 15.7 Å². The Labute approximate surface area is 131 Å². The summed E-state index contributed by atoms with van der Waals surface area (Å²) in [4.78, 5) is 2.09. The number of sulfonamides is 1. The summed E-state index contributed by atoms with van der Waals surface area (Å²) in [6.07, 6.45) is -4.49. The average Bonchev–Trinajstić information content (AvgIpc) is 2.53. The van der Waals surface area contributed by atoms with Crippen molar-refractivity contribution in [3.8, 4) is 0 Å². The van der Waals surface area contributed by atoms with Crippen molar-refractivity contribution in [1.29, 1.82) is 0 Å². The van der Waals surface area contributed by atoms with Gasteiger partial charge in [-0.05, 0) is 29.8 Å². The van der Waals surface area contributed by atoms with Crippen molar-refractivity contribution < 1.29 is 21.6 Å². The molecule has 23 heavy (non-hydrogen) atoms. The fraction of sp³-hybridized carbons (Fsp3) is 0.0667. The molecule has 4 nitrogen and oxygen atoms in total. The van der Waals surface area contributed by atoms with E-state index in [1.54, 1.807) is 18.2 Å². The van der Waals surface area contributed by atoms with Gasteiger partial charge in [-0.2, -0.15) is 13.2 Å². The molecule has 0 heterocycles. The van der Waals surface area contributed by atoms with Crippen LogP contribution in [-0.4, -0.2) is 8.42 Å². The van der Waals surface area contributed by atoms with E-state index >= 15 is 0 Å². The van der Waals surface area contributed by atoms with E-state index < -0.39 is 21.8 Å². The van der Waals surface area contributed by atoms with Gasteiger partial charge in [0.15, 0.2) is 0 Å². The van der Waals surface area contributed by atoms with Gasteiger partial charge in [0.1, 0.15) is 0 Å². The van der Waals surface area contributed by atoms with E-state index in [1.807, 2.05) is 0 Å². The van der Waals surface area contributed by atoms with Crippen LogP contribution in [0.4, 0.5) is 13.2 Å². The van der Waals surface area contributed by atoms with Crippen LogP contribution in [0, 0.1) is 0 Å². The summed E-state index contributed by atoms with van der Waals surface area (Å²) >= 11 is 0. The summed E-state index contributed by atoms with van der Waals surface area (Å²) in [6.45, 7) is 3.54. The highest BCUT2D eigenvalue weighted by atomic mass is 32.2. The van der Waals surface area contributed by atoms with Crippen LogP contribution in [0.3, 0.4) is 0 Å². The van der Waals surface area contributed by atoms with Gasteiger partial charge in [0.05, 0.1) is 10.5 Å². The van der Waals surface area contributed by atoms with E-state index in [0.717, 1.165) is 12.1 Å². The third kappa shape index (κ3) is 4.33. The largest absolute Gasteiger partial charge is 0.416 e. The first kappa shape index (κ1) is 17.0. The van der Waals surface area contributed by atoms with E-state index in [2.05, 4.69) is 16.8 Å². The molecule has 8 heteroatoms. The Hall–Kier alpha value is -2.32. The van der Waals surface area contributed by atoms with Crippen LogP contribution in [-0.2, 0) is 16.2 Å². The van der Waals surface area contributed by atoms with Crippen molar-refractivity contribution in [2.45, 2.75) is 11.1 Å². The average molecular weight is 342 g/mol. The predicted octanol–water partition coefficient (Wildman–Crippen LogP) is 3.16. The SMILES string of the molecule is C=C(NNS(=O)(=O)c1ccccc1)c1cccc(C(F)(F)F)c1. The molecule has 0 spiro atoms. The molecular weight excluding hydrogens is 329 g/mol. The van der Waals surface area contributed by atoms with Crippen LogP contribution >= 0.6 is 0 Å². The second kappa shape index (κ2) is 6.43. The molecule has 0 atom stereocenters. The van der Waals surface area contributed by atoms with E-state index in [9.17, 15) is 21.6 Å². The molecule has 0 aliphatic heterocycles. The summed E-state index contributed by atoms with van der Waals surface area (Å²) in [6, 6.07) is 11.9. The van der Waals surface area contributed by atoms with Crippen LogP contribution in [0.2, 0.25) is 0 Å². The minimum atomic E-state index is -4.49. The highest BCUT2D eigenvalue weighted by Gasteiger charge is 2.30. The van der Waals surface area contributed by atoms with Gasteiger partial charge in [0.25, 0.3) is 10.0 Å². The monoisotopic (exact) mass is 342 g/mol. The lowest BCUT2D eigenvalue weighted by Crippen LogP contribution is -2.35. The zero-order chi connectivity index (χ0) is 17.1. The van der Waals surface area contributed by atoms with Crippen molar-refractivity contribution in [2.75, 3.05) is 0 Å². The molecule has 0 aliphatic rings. The standard InChI is InChI=1S/C15H13F3N2O2S/c1-11(12-6-5-7-13(10-12)15(16,17)18)19-20-23(21,22)14-8-3-2-4-9-14/h2-10,19-20H,1H2. The Bertz CT molecular complexity index is 803. The maximum atomic E-state index is 12.7. The lowest BCUT2D eigenvalue weighted by atomic mass is 10.1. The third-order valence-electron chi connectivity index (χ3n) is 2.93. The van der Waals surface area contributed by atoms with Gasteiger partial charge < -0.3 is 5.43 Å². The molecule has 0 radical (unpaired) electrons. The van der Waals surface area contributed by atoms with Gasteiger partial charge in [0.2, 0.25) is 0 Å². The number of hydrogen-bond donors (Lipinski definition) is 2. The number of halogens is 3. The molecule has 0 bridgehead atoms. The predicted molar refractivity (Wildman–Crippen MR) is 80.4 cm³/mol. The van der Waals surface area contributed by atoms with Crippen LogP contribution in [0.15, 0.2) is 66.1 Å². The molecular formula is C15H13F3N2O2S. The Morgan fingerprint density at radius 2 is 1.65 bits per heavy atom. The molecule has 0 unspecified atom stereocenters. The Balaban J connectivity index is 2.12. The molecule has 2 rings (SSSR count). The third-order valence-corrected chi connectivity index (χ3v) is 4.19. The summed E-state index contributed by atoms with van der Waals surface area (Å²) < 4.78 is 62.0. The van der Waals surface area contributed by atoms with E-state index in [1.165, 1.54) is 24.3 Å². The molecule has 0 saturated carbocycles. The minimum Gasteiger partial charge on any atom is -0.308 e. The summed E-state index contributed by atoms with van der Waals surface area (Å²) in [5.41, 5.74) is 1.59. The number of alkyl halides is 3. The van der Waals surface area contributed by atoms with Gasteiger partial charge in [-0.1, -0.05) is 36.9 Å². The summed E-state index contributed by atoms with van der Waals surface area (Å²) in [7, 11) is -3.85.